The van der Waals surface area contributed by atoms with E-state index >= 15 is 0 Å². The smallest absolute Gasteiger partial charge is 0.391 e. The van der Waals surface area contributed by atoms with Gasteiger partial charge in [-0.15, -0.1) is 0 Å². The van der Waals surface area contributed by atoms with Crippen LogP contribution >= 0.6 is 7.82 Å². The second-order valence-corrected chi connectivity index (χ2v) is 16.5. The van der Waals surface area contributed by atoms with Gasteiger partial charge in [0.2, 0.25) is 5.91 Å². The number of carbonyl (C=O) groups excluding carboxylic acids is 1. The van der Waals surface area contributed by atoms with Gasteiger partial charge in [0.25, 0.3) is 0 Å². The van der Waals surface area contributed by atoms with Crippen molar-refractivity contribution >= 4 is 13.7 Å². The lowest BCUT2D eigenvalue weighted by Crippen LogP contribution is -2.46. The van der Waals surface area contributed by atoms with Gasteiger partial charge < -0.3 is 19.8 Å². The Balaban J connectivity index is 4.38. The predicted molar refractivity (Wildman–Crippen MR) is 199 cm³/mol. The van der Waals surface area contributed by atoms with Crippen molar-refractivity contribution in [3.05, 3.63) is 0 Å². The number of aliphatic hydroxyl groups is 1. The number of amides is 1. The molecule has 0 bridgehead atoms. The summed E-state index contributed by atoms with van der Waals surface area (Å²) in [6, 6.07) is -0.750. The van der Waals surface area contributed by atoms with Gasteiger partial charge in [0.15, 0.2) is 0 Å². The Morgan fingerprint density at radius 1 is 0.638 bits per heavy atom. The van der Waals surface area contributed by atoms with Gasteiger partial charge in [0.05, 0.1) is 39.9 Å². The van der Waals surface area contributed by atoms with Crippen molar-refractivity contribution in [2.24, 2.45) is 0 Å². The molecule has 8 nitrogen and oxygen atoms in total. The van der Waals surface area contributed by atoms with Crippen molar-refractivity contribution in [2.75, 3.05) is 40.9 Å². The Hall–Kier alpha value is -0.500. The molecule has 3 atom stereocenters. The van der Waals surface area contributed by atoms with Gasteiger partial charge in [0, 0.05) is 6.42 Å². The van der Waals surface area contributed by atoms with E-state index in [2.05, 4.69) is 19.2 Å². The Labute approximate surface area is 291 Å². The molecule has 47 heavy (non-hydrogen) atoms. The maximum atomic E-state index is 12.8. The summed E-state index contributed by atoms with van der Waals surface area (Å²) in [5.74, 6) is -0.144. The highest BCUT2D eigenvalue weighted by molar-refractivity contribution is 7.47. The van der Waals surface area contributed by atoms with Crippen molar-refractivity contribution in [3.63, 3.8) is 0 Å². The van der Waals surface area contributed by atoms with E-state index in [1.54, 1.807) is 0 Å². The van der Waals surface area contributed by atoms with Crippen LogP contribution in [0.5, 0.6) is 0 Å². The number of rotatable bonds is 36. The van der Waals surface area contributed by atoms with Crippen LogP contribution in [-0.2, 0) is 18.4 Å². The molecule has 0 rings (SSSR count). The highest BCUT2D eigenvalue weighted by Gasteiger charge is 2.28. The fourth-order valence-corrected chi connectivity index (χ4v) is 6.60. The third-order valence-electron chi connectivity index (χ3n) is 9.11. The van der Waals surface area contributed by atoms with Gasteiger partial charge in [-0.2, -0.15) is 0 Å². The number of nitrogens with one attached hydrogen (secondary N) is 1. The van der Waals surface area contributed by atoms with Crippen molar-refractivity contribution in [1.82, 2.24) is 5.32 Å². The van der Waals surface area contributed by atoms with Gasteiger partial charge >= 0.3 is 7.82 Å². The van der Waals surface area contributed by atoms with Crippen molar-refractivity contribution < 1.29 is 32.9 Å². The maximum absolute atomic E-state index is 12.8. The highest BCUT2D eigenvalue weighted by Crippen LogP contribution is 2.43. The minimum Gasteiger partial charge on any atom is -0.391 e. The SMILES string of the molecule is CCCCCCCCCCCCCCCCCC(=O)N[C@@H](COP(=O)(O)OCC[N+](C)(C)C)[C@H](O)CCCCCCCCCCCC. The Morgan fingerprint density at radius 3 is 1.43 bits per heavy atom. The van der Waals surface area contributed by atoms with Gasteiger partial charge in [-0.05, 0) is 12.8 Å². The van der Waals surface area contributed by atoms with Crippen molar-refractivity contribution in [1.29, 1.82) is 0 Å². The number of aliphatic hydroxyl groups excluding tert-OH is 1. The zero-order valence-electron chi connectivity index (χ0n) is 31.8. The van der Waals surface area contributed by atoms with E-state index < -0.39 is 20.0 Å². The number of phosphoric ester groups is 1. The number of carbonyl (C=O) groups is 1. The third kappa shape index (κ3) is 33.8. The molecule has 0 aliphatic carbocycles. The number of nitrogens with zero attached hydrogens (tertiary/aromatic N) is 1. The average molecular weight is 692 g/mol. The molecule has 0 aromatic heterocycles. The lowest BCUT2D eigenvalue weighted by atomic mass is 10.0. The number of hydrogen-bond acceptors (Lipinski definition) is 5. The van der Waals surface area contributed by atoms with Crippen LogP contribution in [0.4, 0.5) is 0 Å². The number of likely N-dealkylation sites (N-methyl/N-ethyl adjacent to an activating group) is 1. The molecular formula is C38H80N2O6P+. The van der Waals surface area contributed by atoms with E-state index in [9.17, 15) is 19.4 Å². The molecule has 282 valence electrons. The molecule has 1 unspecified atom stereocenters. The molecule has 0 radical (unpaired) electrons. The van der Waals surface area contributed by atoms with E-state index in [0.717, 1.165) is 38.5 Å². The molecule has 0 heterocycles. The number of hydrogen-bond donors (Lipinski definition) is 3. The lowest BCUT2D eigenvalue weighted by Gasteiger charge is -2.26. The summed E-state index contributed by atoms with van der Waals surface area (Å²) in [4.78, 5) is 23.0. The third-order valence-corrected chi connectivity index (χ3v) is 10.1. The van der Waals surface area contributed by atoms with Gasteiger partial charge in [-0.3, -0.25) is 13.8 Å². The molecule has 0 aliphatic rings. The van der Waals surface area contributed by atoms with Crippen LogP contribution in [0.2, 0.25) is 0 Å². The summed E-state index contributed by atoms with van der Waals surface area (Å²) < 4.78 is 23.5. The summed E-state index contributed by atoms with van der Waals surface area (Å²) >= 11 is 0. The minimum absolute atomic E-state index is 0.0780. The van der Waals surface area contributed by atoms with E-state index in [0.29, 0.717) is 23.9 Å². The number of quaternary nitrogens is 1. The lowest BCUT2D eigenvalue weighted by molar-refractivity contribution is -0.870. The standard InChI is InChI=1S/C38H79N2O6P/c1-6-8-10-12-14-16-18-19-20-21-22-24-26-28-30-32-38(42)39-36(35-46-47(43,44)45-34-33-40(3,4)5)37(41)31-29-27-25-23-17-15-13-11-9-7-2/h36-37,41H,6-35H2,1-5H3,(H-,39,42,43,44)/p+1/t36-,37+/m0/s1. The maximum Gasteiger partial charge on any atom is 0.472 e. The van der Waals surface area contributed by atoms with Crippen LogP contribution < -0.4 is 5.32 Å². The first-order valence-electron chi connectivity index (χ1n) is 19.9. The average Bonchev–Trinajstić information content (AvgIpc) is 3.01. The molecule has 0 fully saturated rings. The molecule has 0 saturated carbocycles. The van der Waals surface area contributed by atoms with Crippen molar-refractivity contribution in [2.45, 2.75) is 199 Å². The van der Waals surface area contributed by atoms with Crippen LogP contribution in [0.15, 0.2) is 0 Å². The fourth-order valence-electron chi connectivity index (χ4n) is 5.87. The molecule has 0 saturated heterocycles. The summed E-state index contributed by atoms with van der Waals surface area (Å²) in [6.07, 6.45) is 31.2. The monoisotopic (exact) mass is 692 g/mol. The topological polar surface area (TPSA) is 105 Å². The highest BCUT2D eigenvalue weighted by atomic mass is 31.2. The van der Waals surface area contributed by atoms with E-state index in [4.69, 9.17) is 9.05 Å². The Bertz CT molecular complexity index is 748. The first-order valence-corrected chi connectivity index (χ1v) is 21.4. The van der Waals surface area contributed by atoms with Gasteiger partial charge in [-0.1, -0.05) is 168 Å². The molecule has 3 N–H and O–H groups in total. The second kappa shape index (κ2) is 31.5. The normalized spacial score (nSPS) is 14.6. The van der Waals surface area contributed by atoms with Crippen LogP contribution in [-0.4, -0.2) is 73.4 Å². The Kier molecular flexibility index (Phi) is 31.1. The summed E-state index contributed by atoms with van der Waals surface area (Å²) in [5.41, 5.74) is 0. The fraction of sp³-hybridized carbons (Fsp3) is 0.974. The summed E-state index contributed by atoms with van der Waals surface area (Å²) in [7, 11) is 1.62. The zero-order valence-corrected chi connectivity index (χ0v) is 32.7. The predicted octanol–water partition coefficient (Wildman–Crippen LogP) is 10.2. The van der Waals surface area contributed by atoms with Gasteiger partial charge in [0.1, 0.15) is 13.2 Å². The molecule has 9 heteroatoms. The largest absolute Gasteiger partial charge is 0.472 e. The molecule has 0 aromatic carbocycles. The number of phosphoric acid groups is 1. The first kappa shape index (κ1) is 46.5. The summed E-state index contributed by atoms with van der Waals surface area (Å²) in [6.45, 7) is 4.87. The molecule has 1 amide bonds. The van der Waals surface area contributed by atoms with Crippen molar-refractivity contribution in [3.8, 4) is 0 Å². The van der Waals surface area contributed by atoms with Crippen LogP contribution in [0.25, 0.3) is 0 Å². The van der Waals surface area contributed by atoms with Gasteiger partial charge in [-0.25, -0.2) is 4.57 Å². The quantitative estimate of drug-likeness (QED) is 0.0343. The second-order valence-electron chi connectivity index (χ2n) is 15.0. The molecule has 0 aliphatic heterocycles. The minimum atomic E-state index is -4.30. The molecule has 0 aromatic rings. The molecular weight excluding hydrogens is 611 g/mol. The van der Waals surface area contributed by atoms with E-state index in [1.807, 2.05) is 21.1 Å². The van der Waals surface area contributed by atoms with Crippen LogP contribution in [0.3, 0.4) is 0 Å². The van der Waals surface area contributed by atoms with E-state index in [1.165, 1.54) is 122 Å². The van der Waals surface area contributed by atoms with E-state index in [-0.39, 0.29) is 19.1 Å². The van der Waals surface area contributed by atoms with Crippen LogP contribution in [0, 0.1) is 0 Å². The molecule has 0 spiro atoms. The zero-order chi connectivity index (χ0) is 35.1. The summed E-state index contributed by atoms with van der Waals surface area (Å²) in [5, 5.41) is 13.9. The van der Waals surface area contributed by atoms with Crippen LogP contribution in [0.1, 0.15) is 187 Å². The Morgan fingerprint density at radius 2 is 1.02 bits per heavy atom. The first-order chi connectivity index (χ1) is 22.5. The number of unbranched alkanes of at least 4 members (excludes halogenated alkanes) is 23.